The minimum Gasteiger partial charge on any atom is -0.396 e. The van der Waals surface area contributed by atoms with E-state index in [4.69, 9.17) is 0 Å². The summed E-state index contributed by atoms with van der Waals surface area (Å²) in [5.74, 6) is -0.114. The van der Waals surface area contributed by atoms with E-state index in [-0.39, 0.29) is 36.7 Å². The molecule has 2 unspecified atom stereocenters. The lowest BCUT2D eigenvalue weighted by Gasteiger charge is -2.37. The summed E-state index contributed by atoms with van der Waals surface area (Å²) in [5, 5.41) is 9.25. The van der Waals surface area contributed by atoms with E-state index in [2.05, 4.69) is 15.9 Å². The first-order chi connectivity index (χ1) is 9.51. The lowest BCUT2D eigenvalue weighted by Crippen LogP contribution is -2.46. The first kappa shape index (κ1) is 15.4. The third-order valence-electron chi connectivity index (χ3n) is 3.90. The molecule has 0 saturated carbocycles. The molecule has 5 heteroatoms. The van der Waals surface area contributed by atoms with Crippen molar-refractivity contribution in [2.45, 2.75) is 32.2 Å². The molecule has 0 bridgehead atoms. The molecule has 2 atom stereocenters. The summed E-state index contributed by atoms with van der Waals surface area (Å²) >= 11 is 3.13. The molecule has 1 aromatic carbocycles. The van der Waals surface area contributed by atoms with Crippen LogP contribution < -0.4 is 0 Å². The Morgan fingerprint density at radius 3 is 2.90 bits per heavy atom. The van der Waals surface area contributed by atoms with Crippen LogP contribution in [-0.4, -0.2) is 35.1 Å². The van der Waals surface area contributed by atoms with Gasteiger partial charge in [-0.25, -0.2) is 4.39 Å². The van der Waals surface area contributed by atoms with Gasteiger partial charge in [0.2, 0.25) is 5.91 Å². The van der Waals surface area contributed by atoms with Gasteiger partial charge in [-0.2, -0.15) is 0 Å². The van der Waals surface area contributed by atoms with Crippen molar-refractivity contribution >= 4 is 21.8 Å². The summed E-state index contributed by atoms with van der Waals surface area (Å²) in [6, 6.07) is 4.85. The normalized spacial score (nSPS) is 22.9. The Bertz CT molecular complexity index is 495. The second kappa shape index (κ2) is 6.68. The number of rotatable bonds is 3. The number of likely N-dealkylation sites (tertiary alicyclic amines) is 1. The number of aliphatic hydroxyl groups excluding tert-OH is 1. The molecule has 1 amide bonds. The quantitative estimate of drug-likeness (QED) is 0.916. The molecule has 1 saturated heterocycles. The second-order valence-corrected chi connectivity index (χ2v) is 6.30. The van der Waals surface area contributed by atoms with Crippen molar-refractivity contribution in [3.8, 4) is 0 Å². The molecule has 20 heavy (non-hydrogen) atoms. The van der Waals surface area contributed by atoms with E-state index in [9.17, 15) is 14.3 Å². The fraction of sp³-hybridized carbons (Fsp3) is 0.533. The molecule has 1 heterocycles. The fourth-order valence-electron chi connectivity index (χ4n) is 2.60. The van der Waals surface area contributed by atoms with E-state index in [1.54, 1.807) is 12.1 Å². The molecule has 1 aliphatic heterocycles. The van der Waals surface area contributed by atoms with Gasteiger partial charge >= 0.3 is 0 Å². The van der Waals surface area contributed by atoms with Crippen molar-refractivity contribution < 1.29 is 14.3 Å². The maximum Gasteiger partial charge on any atom is 0.227 e. The number of amides is 1. The van der Waals surface area contributed by atoms with Crippen LogP contribution in [0.4, 0.5) is 4.39 Å². The SMILES string of the molecule is CC1CCC(CO)CN1C(=O)Cc1ccc(F)c(Br)c1. The van der Waals surface area contributed by atoms with E-state index in [0.717, 1.165) is 18.4 Å². The van der Waals surface area contributed by atoms with Gasteiger partial charge < -0.3 is 10.0 Å². The average Bonchev–Trinajstić information content (AvgIpc) is 2.43. The summed E-state index contributed by atoms with van der Waals surface area (Å²) in [7, 11) is 0. The molecular formula is C15H19BrFNO2. The zero-order chi connectivity index (χ0) is 14.7. The zero-order valence-electron chi connectivity index (χ0n) is 11.5. The molecular weight excluding hydrogens is 325 g/mol. The highest BCUT2D eigenvalue weighted by Gasteiger charge is 2.28. The summed E-state index contributed by atoms with van der Waals surface area (Å²) in [5.41, 5.74) is 0.793. The van der Waals surface area contributed by atoms with Crippen molar-refractivity contribution in [3.63, 3.8) is 0 Å². The number of aliphatic hydroxyl groups is 1. The summed E-state index contributed by atoms with van der Waals surface area (Å²) in [4.78, 5) is 14.2. The molecule has 0 spiro atoms. The van der Waals surface area contributed by atoms with Crippen LogP contribution in [0.5, 0.6) is 0 Å². The Balaban J connectivity index is 2.04. The van der Waals surface area contributed by atoms with Gasteiger partial charge in [0.05, 0.1) is 10.9 Å². The van der Waals surface area contributed by atoms with E-state index in [0.29, 0.717) is 11.0 Å². The largest absolute Gasteiger partial charge is 0.396 e. The fourth-order valence-corrected chi connectivity index (χ4v) is 3.03. The van der Waals surface area contributed by atoms with Crippen LogP contribution in [0, 0.1) is 11.7 Å². The molecule has 3 nitrogen and oxygen atoms in total. The monoisotopic (exact) mass is 343 g/mol. The van der Waals surface area contributed by atoms with E-state index in [1.165, 1.54) is 6.07 Å². The number of benzene rings is 1. The molecule has 0 aliphatic carbocycles. The molecule has 2 rings (SSSR count). The summed E-state index contributed by atoms with van der Waals surface area (Å²) in [6.07, 6.45) is 2.15. The highest BCUT2D eigenvalue weighted by Crippen LogP contribution is 2.23. The molecule has 0 radical (unpaired) electrons. The molecule has 1 N–H and O–H groups in total. The number of nitrogens with zero attached hydrogens (tertiary/aromatic N) is 1. The lowest BCUT2D eigenvalue weighted by atomic mass is 9.93. The van der Waals surface area contributed by atoms with Crippen LogP contribution in [0.15, 0.2) is 22.7 Å². The second-order valence-electron chi connectivity index (χ2n) is 5.45. The van der Waals surface area contributed by atoms with Crippen molar-refractivity contribution in [2.75, 3.05) is 13.2 Å². The van der Waals surface area contributed by atoms with Crippen LogP contribution >= 0.6 is 15.9 Å². The van der Waals surface area contributed by atoms with Crippen LogP contribution in [0.2, 0.25) is 0 Å². The molecule has 1 fully saturated rings. The Morgan fingerprint density at radius 1 is 1.50 bits per heavy atom. The van der Waals surface area contributed by atoms with E-state index < -0.39 is 0 Å². The smallest absolute Gasteiger partial charge is 0.227 e. The predicted octanol–water partition coefficient (Wildman–Crippen LogP) is 2.75. The number of hydrogen-bond donors (Lipinski definition) is 1. The van der Waals surface area contributed by atoms with Crippen LogP contribution in [0.3, 0.4) is 0 Å². The maximum absolute atomic E-state index is 13.2. The zero-order valence-corrected chi connectivity index (χ0v) is 13.1. The van der Waals surface area contributed by atoms with Crippen molar-refractivity contribution in [3.05, 3.63) is 34.1 Å². The van der Waals surface area contributed by atoms with Crippen molar-refractivity contribution in [1.82, 2.24) is 4.90 Å². The van der Waals surface area contributed by atoms with Gasteiger partial charge in [-0.3, -0.25) is 4.79 Å². The van der Waals surface area contributed by atoms with Crippen LogP contribution in [0.1, 0.15) is 25.3 Å². The predicted molar refractivity (Wildman–Crippen MR) is 78.8 cm³/mol. The van der Waals surface area contributed by atoms with Crippen molar-refractivity contribution in [1.29, 1.82) is 0 Å². The Morgan fingerprint density at radius 2 is 2.25 bits per heavy atom. The topological polar surface area (TPSA) is 40.5 Å². The van der Waals surface area contributed by atoms with Crippen molar-refractivity contribution in [2.24, 2.45) is 5.92 Å². The first-order valence-electron chi connectivity index (χ1n) is 6.85. The molecule has 0 aromatic heterocycles. The third kappa shape index (κ3) is 3.58. The van der Waals surface area contributed by atoms with Gasteiger partial charge in [0.15, 0.2) is 0 Å². The lowest BCUT2D eigenvalue weighted by molar-refractivity contribution is -0.135. The molecule has 1 aliphatic rings. The van der Waals surface area contributed by atoms with Gasteiger partial charge in [0, 0.05) is 19.2 Å². The van der Waals surface area contributed by atoms with Gasteiger partial charge in [-0.1, -0.05) is 6.07 Å². The minimum atomic E-state index is -0.326. The minimum absolute atomic E-state index is 0.0363. The van der Waals surface area contributed by atoms with Crippen LogP contribution in [-0.2, 0) is 11.2 Å². The standard InChI is InChI=1S/C15H19BrFNO2/c1-10-2-3-12(9-19)8-18(10)15(20)7-11-4-5-14(17)13(16)6-11/h4-6,10,12,19H,2-3,7-9H2,1H3. The summed E-state index contributed by atoms with van der Waals surface area (Å²) < 4.78 is 13.6. The Hall–Kier alpha value is -0.940. The van der Waals surface area contributed by atoms with Gasteiger partial charge in [0.25, 0.3) is 0 Å². The first-order valence-corrected chi connectivity index (χ1v) is 7.64. The highest BCUT2D eigenvalue weighted by molar-refractivity contribution is 9.10. The van der Waals surface area contributed by atoms with Crippen LogP contribution in [0.25, 0.3) is 0 Å². The number of carbonyl (C=O) groups excluding carboxylic acids is 1. The van der Waals surface area contributed by atoms with Gasteiger partial charge in [-0.05, 0) is 59.3 Å². The maximum atomic E-state index is 13.2. The number of carbonyl (C=O) groups is 1. The number of halogens is 2. The third-order valence-corrected chi connectivity index (χ3v) is 4.51. The highest BCUT2D eigenvalue weighted by atomic mass is 79.9. The molecule has 1 aromatic rings. The van der Waals surface area contributed by atoms with Gasteiger partial charge in [0.1, 0.15) is 5.82 Å². The summed E-state index contributed by atoms with van der Waals surface area (Å²) in [6.45, 7) is 2.77. The van der Waals surface area contributed by atoms with E-state index in [1.807, 2.05) is 11.8 Å². The average molecular weight is 344 g/mol. The van der Waals surface area contributed by atoms with E-state index >= 15 is 0 Å². The number of piperidine rings is 1. The Labute approximate surface area is 126 Å². The Kier molecular flexibility index (Phi) is 5.16. The molecule has 110 valence electrons. The number of hydrogen-bond acceptors (Lipinski definition) is 2. The van der Waals surface area contributed by atoms with Gasteiger partial charge in [-0.15, -0.1) is 0 Å².